The van der Waals surface area contributed by atoms with E-state index in [0.29, 0.717) is 0 Å². The van der Waals surface area contributed by atoms with E-state index < -0.39 is 0 Å². The van der Waals surface area contributed by atoms with Gasteiger partial charge in [-0.15, -0.1) is 11.8 Å². The molecule has 0 fully saturated rings. The fourth-order valence-corrected chi connectivity index (χ4v) is 2.61. The predicted molar refractivity (Wildman–Crippen MR) is 86.1 cm³/mol. The maximum absolute atomic E-state index is 5.91. The molecular weight excluding hydrogens is 240 g/mol. The fourth-order valence-electron chi connectivity index (χ4n) is 1.85. The molecule has 2 N–H and O–H groups in total. The molecule has 0 atom stereocenters. The zero-order chi connectivity index (χ0) is 13.7. The van der Waals surface area contributed by atoms with Crippen molar-refractivity contribution < 1.29 is 0 Å². The normalized spacial score (nSPS) is 12.0. The number of thioether (sulfide) groups is 1. The van der Waals surface area contributed by atoms with Crippen molar-refractivity contribution in [1.82, 2.24) is 0 Å². The van der Waals surface area contributed by atoms with Crippen LogP contribution in [0.5, 0.6) is 0 Å². The Labute approximate surface area is 115 Å². The van der Waals surface area contributed by atoms with Crippen molar-refractivity contribution in [2.24, 2.45) is 0 Å². The SMILES string of the molecule is C=C/C(SCC)=C(/C)c1cc(N)ccc1N(C)C. The molecule has 0 spiro atoms. The molecule has 0 bridgehead atoms. The smallest absolute Gasteiger partial charge is 0.0439 e. The van der Waals surface area contributed by atoms with Crippen LogP contribution in [-0.2, 0) is 0 Å². The third-order valence-electron chi connectivity index (χ3n) is 2.76. The summed E-state index contributed by atoms with van der Waals surface area (Å²) in [5.74, 6) is 1.04. The zero-order valence-corrected chi connectivity index (χ0v) is 12.5. The largest absolute Gasteiger partial charge is 0.399 e. The van der Waals surface area contributed by atoms with Gasteiger partial charge in [-0.05, 0) is 36.4 Å². The number of benzene rings is 1. The van der Waals surface area contributed by atoms with Gasteiger partial charge in [0.15, 0.2) is 0 Å². The quantitative estimate of drug-likeness (QED) is 0.642. The summed E-state index contributed by atoms with van der Waals surface area (Å²) < 4.78 is 0. The van der Waals surface area contributed by atoms with Gasteiger partial charge in [-0.2, -0.15) is 0 Å². The predicted octanol–water partition coefficient (Wildman–Crippen LogP) is 4.00. The fraction of sp³-hybridized carbons (Fsp3) is 0.333. The first-order valence-corrected chi connectivity index (χ1v) is 7.03. The van der Waals surface area contributed by atoms with Crippen molar-refractivity contribution in [2.45, 2.75) is 13.8 Å². The second kappa shape index (κ2) is 6.55. The molecule has 0 heterocycles. The number of rotatable bonds is 5. The third-order valence-corrected chi connectivity index (χ3v) is 3.83. The Bertz CT molecular complexity index is 462. The van der Waals surface area contributed by atoms with E-state index in [1.54, 1.807) is 0 Å². The minimum atomic E-state index is 0.792. The molecule has 98 valence electrons. The van der Waals surface area contributed by atoms with E-state index in [-0.39, 0.29) is 0 Å². The number of nitrogens with two attached hydrogens (primary N) is 1. The lowest BCUT2D eigenvalue weighted by atomic mass is 10.0. The zero-order valence-electron chi connectivity index (χ0n) is 11.7. The summed E-state index contributed by atoms with van der Waals surface area (Å²) >= 11 is 1.81. The van der Waals surface area contributed by atoms with Crippen LogP contribution in [0.1, 0.15) is 19.4 Å². The Hall–Kier alpha value is -1.35. The summed E-state index contributed by atoms with van der Waals surface area (Å²) in [6, 6.07) is 6.03. The Balaban J connectivity index is 3.38. The highest BCUT2D eigenvalue weighted by molar-refractivity contribution is 8.03. The van der Waals surface area contributed by atoms with Gasteiger partial charge in [0.2, 0.25) is 0 Å². The minimum absolute atomic E-state index is 0.792. The molecule has 0 aliphatic heterocycles. The molecule has 0 saturated carbocycles. The second-order valence-corrected chi connectivity index (χ2v) is 5.60. The highest BCUT2D eigenvalue weighted by Crippen LogP contribution is 2.33. The van der Waals surface area contributed by atoms with E-state index in [4.69, 9.17) is 5.73 Å². The van der Waals surface area contributed by atoms with Crippen LogP contribution in [-0.4, -0.2) is 19.8 Å². The van der Waals surface area contributed by atoms with Crippen LogP contribution in [0.4, 0.5) is 11.4 Å². The van der Waals surface area contributed by atoms with Crippen molar-refractivity contribution >= 4 is 28.7 Å². The first-order valence-electron chi connectivity index (χ1n) is 6.04. The van der Waals surface area contributed by atoms with Gasteiger partial charge in [0.25, 0.3) is 0 Å². The van der Waals surface area contributed by atoms with Crippen molar-refractivity contribution in [1.29, 1.82) is 0 Å². The summed E-state index contributed by atoms with van der Waals surface area (Å²) in [7, 11) is 4.09. The third kappa shape index (κ3) is 3.33. The highest BCUT2D eigenvalue weighted by atomic mass is 32.2. The number of nitrogen functional groups attached to an aromatic ring is 1. The molecule has 1 rings (SSSR count). The summed E-state index contributed by atoms with van der Waals surface area (Å²) in [6.45, 7) is 8.17. The van der Waals surface area contributed by atoms with Crippen LogP contribution >= 0.6 is 11.8 Å². The molecule has 0 amide bonds. The van der Waals surface area contributed by atoms with Crippen LogP contribution in [0.3, 0.4) is 0 Å². The number of anilines is 2. The highest BCUT2D eigenvalue weighted by Gasteiger charge is 2.10. The van der Waals surface area contributed by atoms with Gasteiger partial charge in [-0.1, -0.05) is 19.6 Å². The van der Waals surface area contributed by atoms with Crippen LogP contribution in [0.15, 0.2) is 35.8 Å². The molecule has 0 saturated heterocycles. The topological polar surface area (TPSA) is 29.3 Å². The lowest BCUT2D eigenvalue weighted by Gasteiger charge is -2.19. The lowest BCUT2D eigenvalue weighted by molar-refractivity contribution is 1.12. The van der Waals surface area contributed by atoms with E-state index in [2.05, 4.69) is 31.4 Å². The van der Waals surface area contributed by atoms with Gasteiger partial charge in [0.05, 0.1) is 0 Å². The van der Waals surface area contributed by atoms with E-state index >= 15 is 0 Å². The van der Waals surface area contributed by atoms with E-state index in [0.717, 1.165) is 11.4 Å². The van der Waals surface area contributed by atoms with Crippen LogP contribution in [0.2, 0.25) is 0 Å². The average Bonchev–Trinajstić information content (AvgIpc) is 2.34. The first-order chi connectivity index (χ1) is 8.51. The van der Waals surface area contributed by atoms with Crippen molar-refractivity contribution in [3.8, 4) is 0 Å². The van der Waals surface area contributed by atoms with Gasteiger partial charge < -0.3 is 10.6 Å². The molecule has 18 heavy (non-hydrogen) atoms. The molecule has 0 radical (unpaired) electrons. The van der Waals surface area contributed by atoms with Crippen LogP contribution in [0.25, 0.3) is 5.57 Å². The molecule has 1 aromatic carbocycles. The lowest BCUT2D eigenvalue weighted by Crippen LogP contribution is -2.11. The van der Waals surface area contributed by atoms with Crippen molar-refractivity contribution in [3.63, 3.8) is 0 Å². The van der Waals surface area contributed by atoms with Crippen molar-refractivity contribution in [3.05, 3.63) is 41.3 Å². The summed E-state index contributed by atoms with van der Waals surface area (Å²) in [5, 5.41) is 0. The molecule has 0 aromatic heterocycles. The van der Waals surface area contributed by atoms with Gasteiger partial charge in [0, 0.05) is 35.9 Å². The number of allylic oxidation sites excluding steroid dienone is 2. The molecule has 0 unspecified atom stereocenters. The Morgan fingerprint density at radius 3 is 2.61 bits per heavy atom. The molecule has 2 nitrogen and oxygen atoms in total. The number of hydrogen-bond donors (Lipinski definition) is 1. The molecule has 0 aliphatic rings. The number of nitrogens with zero attached hydrogens (tertiary/aromatic N) is 1. The average molecular weight is 262 g/mol. The van der Waals surface area contributed by atoms with Crippen molar-refractivity contribution in [2.75, 3.05) is 30.5 Å². The van der Waals surface area contributed by atoms with Crippen LogP contribution < -0.4 is 10.6 Å². The van der Waals surface area contributed by atoms with E-state index in [1.165, 1.54) is 21.7 Å². The van der Waals surface area contributed by atoms with Crippen LogP contribution in [0, 0.1) is 0 Å². The molecule has 1 aromatic rings. The maximum Gasteiger partial charge on any atom is 0.0439 e. The van der Waals surface area contributed by atoms with E-state index in [9.17, 15) is 0 Å². The Morgan fingerprint density at radius 2 is 2.11 bits per heavy atom. The number of hydrogen-bond acceptors (Lipinski definition) is 3. The Morgan fingerprint density at radius 1 is 1.44 bits per heavy atom. The van der Waals surface area contributed by atoms with Gasteiger partial charge in [0.1, 0.15) is 0 Å². The molecule has 0 aliphatic carbocycles. The molecular formula is C15H22N2S. The van der Waals surface area contributed by atoms with Gasteiger partial charge in [-0.25, -0.2) is 0 Å². The summed E-state index contributed by atoms with van der Waals surface area (Å²) in [4.78, 5) is 3.32. The molecule has 3 heteroatoms. The standard InChI is InChI=1S/C15H22N2S/c1-6-15(18-7-2)11(3)13-10-12(16)8-9-14(13)17(4)5/h6,8-10H,1,7,16H2,2-5H3/b15-11+. The van der Waals surface area contributed by atoms with E-state index in [1.807, 2.05) is 44.1 Å². The minimum Gasteiger partial charge on any atom is -0.399 e. The first kappa shape index (κ1) is 14.7. The van der Waals surface area contributed by atoms with Gasteiger partial charge in [-0.3, -0.25) is 0 Å². The maximum atomic E-state index is 5.91. The summed E-state index contributed by atoms with van der Waals surface area (Å²) in [5.41, 5.74) is 10.3. The summed E-state index contributed by atoms with van der Waals surface area (Å²) in [6.07, 6.45) is 1.92. The monoisotopic (exact) mass is 262 g/mol. The Kier molecular flexibility index (Phi) is 5.35. The second-order valence-electron chi connectivity index (χ2n) is 4.30. The van der Waals surface area contributed by atoms with Gasteiger partial charge >= 0.3 is 0 Å².